The monoisotopic (exact) mass is 544 g/mol. The van der Waals surface area contributed by atoms with E-state index in [1.54, 1.807) is 49.4 Å². The first-order chi connectivity index (χ1) is 15.6. The third kappa shape index (κ3) is 6.02. The summed E-state index contributed by atoms with van der Waals surface area (Å²) in [7, 11) is -4.13. The summed E-state index contributed by atoms with van der Waals surface area (Å²) < 4.78 is 31.4. The highest BCUT2D eigenvalue weighted by molar-refractivity contribution is 9.10. The number of halogens is 2. The standard InChI is InChI=1S/C24H18BrClN2O4S/c1-15-6-9-20(10-7-15)33(30,31)32-22-11-8-19(25)13-17(22)12-18(14-27)24(29)28-23-16(2)4-3-5-21(23)26/h3-13H,1-2H3,(H,28,29)/b18-12+. The number of aryl methyl sites for hydroxylation is 2. The minimum atomic E-state index is -4.13. The van der Waals surface area contributed by atoms with Crippen molar-refractivity contribution in [3.8, 4) is 11.8 Å². The number of anilines is 1. The number of para-hydroxylation sites is 1. The van der Waals surface area contributed by atoms with Crippen molar-refractivity contribution in [2.24, 2.45) is 0 Å². The van der Waals surface area contributed by atoms with E-state index in [1.807, 2.05) is 13.0 Å². The number of carbonyl (C=O) groups excluding carboxylic acids is 1. The molecule has 0 aliphatic carbocycles. The second-order valence-corrected chi connectivity index (χ2v) is 9.96. The molecule has 0 aliphatic rings. The number of carbonyl (C=O) groups is 1. The van der Waals surface area contributed by atoms with Crippen LogP contribution in [-0.2, 0) is 14.9 Å². The molecule has 1 amide bonds. The Hall–Kier alpha value is -3.12. The summed E-state index contributed by atoms with van der Waals surface area (Å²) in [6.45, 7) is 3.61. The molecule has 0 aliphatic heterocycles. The quantitative estimate of drug-likeness (QED) is 0.232. The molecule has 0 saturated carbocycles. The Morgan fingerprint density at radius 1 is 1.12 bits per heavy atom. The fourth-order valence-electron chi connectivity index (χ4n) is 2.85. The van der Waals surface area contributed by atoms with E-state index in [1.165, 1.54) is 24.3 Å². The molecule has 0 spiro atoms. The number of amides is 1. The highest BCUT2D eigenvalue weighted by Gasteiger charge is 2.20. The molecule has 3 aromatic carbocycles. The van der Waals surface area contributed by atoms with E-state index in [-0.39, 0.29) is 21.8 Å². The highest BCUT2D eigenvalue weighted by atomic mass is 79.9. The Morgan fingerprint density at radius 2 is 1.82 bits per heavy atom. The molecule has 0 unspecified atom stereocenters. The van der Waals surface area contributed by atoms with Crippen molar-refractivity contribution < 1.29 is 17.4 Å². The predicted molar refractivity (Wildman–Crippen MR) is 132 cm³/mol. The van der Waals surface area contributed by atoms with Crippen LogP contribution in [0.2, 0.25) is 5.02 Å². The molecule has 0 heterocycles. The van der Waals surface area contributed by atoms with Crippen LogP contribution in [0.3, 0.4) is 0 Å². The fraction of sp³-hybridized carbons (Fsp3) is 0.0833. The number of nitriles is 1. The van der Waals surface area contributed by atoms with Crippen molar-refractivity contribution in [2.45, 2.75) is 18.7 Å². The van der Waals surface area contributed by atoms with Crippen LogP contribution >= 0.6 is 27.5 Å². The molecule has 1 N–H and O–H groups in total. The van der Waals surface area contributed by atoms with Gasteiger partial charge in [-0.3, -0.25) is 4.79 Å². The Bertz CT molecular complexity index is 1370. The van der Waals surface area contributed by atoms with Gasteiger partial charge in [0.05, 0.1) is 10.7 Å². The van der Waals surface area contributed by atoms with Gasteiger partial charge in [-0.25, -0.2) is 0 Å². The zero-order valence-electron chi connectivity index (χ0n) is 17.6. The molecule has 9 heteroatoms. The smallest absolute Gasteiger partial charge is 0.339 e. The topological polar surface area (TPSA) is 96.3 Å². The van der Waals surface area contributed by atoms with Gasteiger partial charge in [0, 0.05) is 10.0 Å². The van der Waals surface area contributed by atoms with E-state index >= 15 is 0 Å². The van der Waals surface area contributed by atoms with Crippen molar-refractivity contribution in [3.63, 3.8) is 0 Å². The zero-order chi connectivity index (χ0) is 24.2. The van der Waals surface area contributed by atoms with E-state index in [9.17, 15) is 18.5 Å². The van der Waals surface area contributed by atoms with Gasteiger partial charge in [0.1, 0.15) is 22.3 Å². The molecule has 0 bridgehead atoms. The average Bonchev–Trinajstić information content (AvgIpc) is 2.76. The van der Waals surface area contributed by atoms with Gasteiger partial charge in [0.2, 0.25) is 0 Å². The van der Waals surface area contributed by atoms with Gasteiger partial charge < -0.3 is 9.50 Å². The summed E-state index contributed by atoms with van der Waals surface area (Å²) in [5, 5.41) is 12.5. The van der Waals surface area contributed by atoms with E-state index in [2.05, 4.69) is 21.2 Å². The Morgan fingerprint density at radius 3 is 2.45 bits per heavy atom. The lowest BCUT2D eigenvalue weighted by Gasteiger charge is -2.12. The van der Waals surface area contributed by atoms with E-state index < -0.39 is 16.0 Å². The average molecular weight is 546 g/mol. The van der Waals surface area contributed by atoms with Crippen molar-refractivity contribution in [3.05, 3.63) is 92.4 Å². The summed E-state index contributed by atoms with van der Waals surface area (Å²) in [4.78, 5) is 12.7. The van der Waals surface area contributed by atoms with Crippen LogP contribution in [0, 0.1) is 25.2 Å². The summed E-state index contributed by atoms with van der Waals surface area (Å²) in [6.07, 6.45) is 1.26. The molecule has 0 saturated heterocycles. The third-order valence-electron chi connectivity index (χ3n) is 4.61. The van der Waals surface area contributed by atoms with Crippen molar-refractivity contribution in [1.29, 1.82) is 5.26 Å². The summed E-state index contributed by atoms with van der Waals surface area (Å²) in [6, 6.07) is 17.8. The Labute approximate surface area is 205 Å². The van der Waals surface area contributed by atoms with Crippen LogP contribution in [0.25, 0.3) is 6.08 Å². The maximum Gasteiger partial charge on any atom is 0.339 e. The molecule has 0 radical (unpaired) electrons. The first-order valence-electron chi connectivity index (χ1n) is 9.59. The molecular weight excluding hydrogens is 528 g/mol. The van der Waals surface area contributed by atoms with Gasteiger partial charge >= 0.3 is 10.1 Å². The number of nitrogens with zero attached hydrogens (tertiary/aromatic N) is 1. The van der Waals surface area contributed by atoms with E-state index in [0.717, 1.165) is 11.1 Å². The van der Waals surface area contributed by atoms with Gasteiger partial charge in [0.15, 0.2) is 0 Å². The highest BCUT2D eigenvalue weighted by Crippen LogP contribution is 2.30. The van der Waals surface area contributed by atoms with Gasteiger partial charge in [0.25, 0.3) is 5.91 Å². The van der Waals surface area contributed by atoms with E-state index in [0.29, 0.717) is 15.2 Å². The molecule has 33 heavy (non-hydrogen) atoms. The van der Waals surface area contributed by atoms with Crippen LogP contribution in [0.15, 0.2) is 75.6 Å². The molecule has 168 valence electrons. The third-order valence-corrected chi connectivity index (χ3v) is 6.66. The number of rotatable bonds is 6. The van der Waals surface area contributed by atoms with Gasteiger partial charge in [-0.15, -0.1) is 0 Å². The van der Waals surface area contributed by atoms with Gasteiger partial charge in [-0.05, 0) is 61.9 Å². The first kappa shape index (κ1) is 24.5. The SMILES string of the molecule is Cc1ccc(S(=O)(=O)Oc2ccc(Br)cc2/C=C(\C#N)C(=O)Nc2c(C)cccc2Cl)cc1. The maximum atomic E-state index is 12.8. The van der Waals surface area contributed by atoms with Crippen molar-refractivity contribution in [1.82, 2.24) is 0 Å². The second kappa shape index (κ2) is 10.2. The van der Waals surface area contributed by atoms with Gasteiger partial charge in [-0.2, -0.15) is 13.7 Å². The fourth-order valence-corrected chi connectivity index (χ4v) is 4.46. The number of benzene rings is 3. The normalized spacial score (nSPS) is 11.5. The van der Waals surface area contributed by atoms with Crippen LogP contribution in [-0.4, -0.2) is 14.3 Å². The lowest BCUT2D eigenvalue weighted by Crippen LogP contribution is -2.15. The number of nitrogens with one attached hydrogen (secondary N) is 1. The summed E-state index contributed by atoms with van der Waals surface area (Å²) in [5.41, 5.74) is 1.98. The minimum absolute atomic E-state index is 0.0154. The van der Waals surface area contributed by atoms with Crippen LogP contribution in [0.4, 0.5) is 5.69 Å². The molecule has 3 rings (SSSR count). The van der Waals surface area contributed by atoms with Crippen LogP contribution in [0.5, 0.6) is 5.75 Å². The largest absolute Gasteiger partial charge is 0.378 e. The van der Waals surface area contributed by atoms with Crippen LogP contribution in [0.1, 0.15) is 16.7 Å². The molecule has 0 aromatic heterocycles. The lowest BCUT2D eigenvalue weighted by atomic mass is 10.1. The number of hydrogen-bond acceptors (Lipinski definition) is 5. The van der Waals surface area contributed by atoms with Crippen molar-refractivity contribution >= 4 is 55.3 Å². The maximum absolute atomic E-state index is 12.8. The number of hydrogen-bond donors (Lipinski definition) is 1. The zero-order valence-corrected chi connectivity index (χ0v) is 20.8. The molecular formula is C24H18BrClN2O4S. The Balaban J connectivity index is 1.96. The minimum Gasteiger partial charge on any atom is -0.378 e. The molecule has 6 nitrogen and oxygen atoms in total. The first-order valence-corrected chi connectivity index (χ1v) is 12.2. The predicted octanol–water partition coefficient (Wildman–Crippen LogP) is 6.03. The molecule has 0 fully saturated rings. The van der Waals surface area contributed by atoms with Crippen LogP contribution < -0.4 is 9.50 Å². The van der Waals surface area contributed by atoms with E-state index in [4.69, 9.17) is 15.8 Å². The molecule has 0 atom stereocenters. The van der Waals surface area contributed by atoms with Crippen molar-refractivity contribution in [2.75, 3.05) is 5.32 Å². The molecule has 3 aromatic rings. The lowest BCUT2D eigenvalue weighted by molar-refractivity contribution is -0.112. The second-order valence-electron chi connectivity index (χ2n) is 7.09. The van der Waals surface area contributed by atoms with Gasteiger partial charge in [-0.1, -0.05) is 57.4 Å². The Kier molecular flexibility index (Phi) is 7.59. The summed E-state index contributed by atoms with van der Waals surface area (Å²) in [5.74, 6) is -0.728. The summed E-state index contributed by atoms with van der Waals surface area (Å²) >= 11 is 9.47.